The third kappa shape index (κ3) is 4.47. The number of alkyl halides is 3. The van der Waals surface area contributed by atoms with Gasteiger partial charge < -0.3 is 15.3 Å². The van der Waals surface area contributed by atoms with Crippen molar-refractivity contribution >= 4 is 17.5 Å². The predicted molar refractivity (Wildman–Crippen MR) is 81.1 cm³/mol. The Morgan fingerprint density at radius 3 is 2.46 bits per heavy atom. The van der Waals surface area contributed by atoms with Crippen LogP contribution >= 0.6 is 0 Å². The van der Waals surface area contributed by atoms with Crippen molar-refractivity contribution in [2.75, 3.05) is 18.5 Å². The number of nitrogens with zero attached hydrogens (tertiary/aromatic N) is 1. The molecule has 2 rings (SSSR count). The Morgan fingerprint density at radius 1 is 1.21 bits per heavy atom. The Balaban J connectivity index is 2.01. The van der Waals surface area contributed by atoms with Crippen LogP contribution in [0.5, 0.6) is 0 Å². The fourth-order valence-corrected chi connectivity index (χ4v) is 2.77. The van der Waals surface area contributed by atoms with Gasteiger partial charge >= 0.3 is 18.0 Å². The number of amides is 2. The summed E-state index contributed by atoms with van der Waals surface area (Å²) in [6, 6.07) is 3.71. The van der Waals surface area contributed by atoms with E-state index >= 15 is 0 Å². The predicted octanol–water partition coefficient (Wildman–Crippen LogP) is 2.41. The average molecular weight is 344 g/mol. The Bertz CT molecular complexity index is 585. The summed E-state index contributed by atoms with van der Waals surface area (Å²) in [6.45, 7) is 0.360. The maximum absolute atomic E-state index is 12.5. The molecule has 132 valence electrons. The number of piperidine rings is 1. The van der Waals surface area contributed by atoms with Crippen molar-refractivity contribution in [1.82, 2.24) is 4.90 Å². The van der Waals surface area contributed by atoms with Gasteiger partial charge in [0.1, 0.15) is 0 Å². The smallest absolute Gasteiger partial charge is 0.396 e. The lowest BCUT2D eigenvalue weighted by atomic mass is 9.99. The number of hydrogen-bond donors (Lipinski definition) is 2. The van der Waals surface area contributed by atoms with E-state index in [2.05, 4.69) is 5.32 Å². The van der Waals surface area contributed by atoms with Gasteiger partial charge in [0.25, 0.3) is 0 Å². The van der Waals surface area contributed by atoms with Gasteiger partial charge in [-0.15, -0.1) is 0 Å². The Hall–Kier alpha value is -2.09. The summed E-state index contributed by atoms with van der Waals surface area (Å²) in [7, 11) is 0. The number of halogens is 3. The van der Waals surface area contributed by atoms with E-state index in [1.54, 1.807) is 0 Å². The quantitative estimate of drug-likeness (QED) is 0.828. The zero-order chi connectivity index (χ0) is 17.7. The molecule has 0 aliphatic carbocycles. The van der Waals surface area contributed by atoms with E-state index in [9.17, 15) is 22.8 Å². The van der Waals surface area contributed by atoms with Gasteiger partial charge in [-0.1, -0.05) is 0 Å². The van der Waals surface area contributed by atoms with E-state index in [0.717, 1.165) is 43.5 Å². The van der Waals surface area contributed by atoms with Gasteiger partial charge in [0.2, 0.25) is 0 Å². The Morgan fingerprint density at radius 2 is 1.88 bits per heavy atom. The minimum absolute atomic E-state index is 0.0744. The molecule has 5 nitrogen and oxygen atoms in total. The van der Waals surface area contributed by atoms with Crippen LogP contribution < -0.4 is 5.32 Å². The van der Waals surface area contributed by atoms with Crippen LogP contribution in [0.1, 0.15) is 31.2 Å². The molecule has 1 heterocycles. The molecular weight excluding hydrogens is 325 g/mol. The zero-order valence-electron chi connectivity index (χ0n) is 13.0. The van der Waals surface area contributed by atoms with Gasteiger partial charge in [-0.2, -0.15) is 13.2 Å². The minimum atomic E-state index is -4.45. The molecule has 1 aliphatic heterocycles. The molecule has 2 amide bonds. The molecule has 0 saturated carbocycles. The highest BCUT2D eigenvalue weighted by Gasteiger charge is 2.31. The molecule has 0 aromatic heterocycles. The van der Waals surface area contributed by atoms with Crippen LogP contribution in [-0.2, 0) is 15.8 Å². The molecule has 0 spiro atoms. The van der Waals surface area contributed by atoms with E-state index in [1.807, 2.05) is 0 Å². The van der Waals surface area contributed by atoms with Crippen molar-refractivity contribution in [3.05, 3.63) is 29.8 Å². The van der Waals surface area contributed by atoms with E-state index in [-0.39, 0.29) is 18.3 Å². The van der Waals surface area contributed by atoms with Crippen molar-refractivity contribution in [2.24, 2.45) is 0 Å². The van der Waals surface area contributed by atoms with Gasteiger partial charge in [0.05, 0.1) is 5.56 Å². The summed E-state index contributed by atoms with van der Waals surface area (Å²) < 4.78 is 37.5. The maximum atomic E-state index is 12.5. The van der Waals surface area contributed by atoms with Gasteiger partial charge in [-0.05, 0) is 49.9 Å². The van der Waals surface area contributed by atoms with Gasteiger partial charge in [-0.25, -0.2) is 0 Å². The average Bonchev–Trinajstić information content (AvgIpc) is 2.54. The molecule has 1 aliphatic rings. The number of benzene rings is 1. The number of carbonyl (C=O) groups is 2. The molecule has 1 fully saturated rings. The van der Waals surface area contributed by atoms with Gasteiger partial charge in [0, 0.05) is 24.9 Å². The lowest BCUT2D eigenvalue weighted by Gasteiger charge is -2.35. The van der Waals surface area contributed by atoms with Crippen molar-refractivity contribution in [2.45, 2.75) is 37.9 Å². The SMILES string of the molecule is O=C(Nc1ccc(C(F)(F)F)cc1)C(=O)N1CCCCC1CCO. The molecule has 1 aromatic carbocycles. The van der Waals surface area contributed by atoms with E-state index in [0.29, 0.717) is 13.0 Å². The first kappa shape index (κ1) is 18.3. The Kier molecular flexibility index (Phi) is 5.82. The summed E-state index contributed by atoms with van der Waals surface area (Å²) in [4.78, 5) is 25.8. The molecule has 1 atom stereocenters. The number of likely N-dealkylation sites (tertiary alicyclic amines) is 1. The number of hydrogen-bond acceptors (Lipinski definition) is 3. The fraction of sp³-hybridized carbons (Fsp3) is 0.500. The first-order valence-electron chi connectivity index (χ1n) is 7.73. The Labute approximate surface area is 137 Å². The highest BCUT2D eigenvalue weighted by molar-refractivity contribution is 6.39. The number of anilines is 1. The van der Waals surface area contributed by atoms with Crippen LogP contribution in [0.3, 0.4) is 0 Å². The second-order valence-electron chi connectivity index (χ2n) is 5.69. The summed E-state index contributed by atoms with van der Waals surface area (Å²) in [5.41, 5.74) is -0.706. The van der Waals surface area contributed by atoms with Crippen LogP contribution in [0, 0.1) is 0 Å². The van der Waals surface area contributed by atoms with Gasteiger partial charge in [0.15, 0.2) is 0 Å². The molecule has 0 bridgehead atoms. The van der Waals surface area contributed by atoms with E-state index < -0.39 is 23.6 Å². The lowest BCUT2D eigenvalue weighted by Crippen LogP contribution is -2.48. The fourth-order valence-electron chi connectivity index (χ4n) is 2.77. The minimum Gasteiger partial charge on any atom is -0.396 e. The summed E-state index contributed by atoms with van der Waals surface area (Å²) in [6.07, 6.45) is -1.63. The third-order valence-electron chi connectivity index (χ3n) is 4.01. The molecule has 1 aromatic rings. The summed E-state index contributed by atoms with van der Waals surface area (Å²) in [5, 5.41) is 11.4. The van der Waals surface area contributed by atoms with Crippen molar-refractivity contribution in [3.63, 3.8) is 0 Å². The van der Waals surface area contributed by atoms with Crippen molar-refractivity contribution in [3.8, 4) is 0 Å². The van der Waals surface area contributed by atoms with Crippen molar-refractivity contribution in [1.29, 1.82) is 0 Å². The van der Waals surface area contributed by atoms with E-state index in [1.165, 1.54) is 4.90 Å². The largest absolute Gasteiger partial charge is 0.416 e. The van der Waals surface area contributed by atoms with Crippen LogP contribution in [0.2, 0.25) is 0 Å². The summed E-state index contributed by atoms with van der Waals surface area (Å²) >= 11 is 0. The number of aliphatic hydroxyl groups excluding tert-OH is 1. The third-order valence-corrected chi connectivity index (χ3v) is 4.01. The van der Waals surface area contributed by atoms with Crippen LogP contribution in [0.25, 0.3) is 0 Å². The maximum Gasteiger partial charge on any atom is 0.416 e. The second kappa shape index (κ2) is 7.65. The molecule has 1 saturated heterocycles. The van der Waals surface area contributed by atoms with Crippen molar-refractivity contribution < 1.29 is 27.9 Å². The lowest BCUT2D eigenvalue weighted by molar-refractivity contribution is -0.146. The number of rotatable bonds is 3. The number of carbonyl (C=O) groups excluding carboxylic acids is 2. The van der Waals surface area contributed by atoms with Crippen LogP contribution in [-0.4, -0.2) is 41.0 Å². The first-order chi connectivity index (χ1) is 11.3. The monoisotopic (exact) mass is 344 g/mol. The highest BCUT2D eigenvalue weighted by Crippen LogP contribution is 2.29. The molecular formula is C16H19F3N2O3. The normalized spacial score (nSPS) is 18.3. The molecule has 0 radical (unpaired) electrons. The summed E-state index contributed by atoms with van der Waals surface area (Å²) in [5.74, 6) is -1.62. The second-order valence-corrected chi connectivity index (χ2v) is 5.69. The molecule has 24 heavy (non-hydrogen) atoms. The first-order valence-corrected chi connectivity index (χ1v) is 7.73. The van der Waals surface area contributed by atoms with Crippen LogP contribution in [0.15, 0.2) is 24.3 Å². The topological polar surface area (TPSA) is 69.6 Å². The number of aliphatic hydroxyl groups is 1. The van der Waals surface area contributed by atoms with Crippen LogP contribution in [0.4, 0.5) is 18.9 Å². The van der Waals surface area contributed by atoms with Gasteiger partial charge in [-0.3, -0.25) is 9.59 Å². The standard InChI is InChI=1S/C16H19F3N2O3/c17-16(18,19)11-4-6-12(7-5-11)20-14(23)15(24)21-9-2-1-3-13(21)8-10-22/h4-7,13,22H,1-3,8-10H2,(H,20,23). The molecule has 8 heteroatoms. The molecule has 1 unspecified atom stereocenters. The highest BCUT2D eigenvalue weighted by atomic mass is 19.4. The zero-order valence-corrected chi connectivity index (χ0v) is 13.0. The molecule has 2 N–H and O–H groups in total. The van der Waals surface area contributed by atoms with E-state index in [4.69, 9.17) is 5.11 Å². The number of nitrogens with one attached hydrogen (secondary N) is 1.